The Kier molecular flexibility index (Phi) is 2.62. The molecule has 1 fully saturated rings. The molecule has 3 rings (SSSR count). The Hall–Kier alpha value is -1.84. The van der Waals surface area contributed by atoms with Crippen molar-refractivity contribution < 1.29 is 19.3 Å². The summed E-state index contributed by atoms with van der Waals surface area (Å²) in [6, 6.07) is 0. The van der Waals surface area contributed by atoms with E-state index in [1.165, 1.54) is 17.0 Å². The number of nitrogens with zero attached hydrogens (tertiary/aromatic N) is 4. The van der Waals surface area contributed by atoms with E-state index < -0.39 is 31.1 Å². The second-order valence-corrected chi connectivity index (χ2v) is 4.36. The second-order valence-electron chi connectivity index (χ2n) is 4.36. The number of fused-ring (bicyclic) bond motifs is 1. The van der Waals surface area contributed by atoms with Crippen LogP contribution < -0.4 is 5.73 Å². The van der Waals surface area contributed by atoms with Crippen LogP contribution in [0.25, 0.3) is 5.65 Å². The van der Waals surface area contributed by atoms with Crippen LogP contribution in [0.4, 0.5) is 10.2 Å². The minimum atomic E-state index is -2.20. The first-order valence-electron chi connectivity index (χ1n) is 5.62. The van der Waals surface area contributed by atoms with Gasteiger partial charge in [-0.05, 0) is 0 Å². The van der Waals surface area contributed by atoms with Gasteiger partial charge in [0.25, 0.3) is 0 Å². The third kappa shape index (κ3) is 1.59. The molecule has 0 saturated carbocycles. The van der Waals surface area contributed by atoms with Crippen molar-refractivity contribution in [3.05, 3.63) is 18.2 Å². The summed E-state index contributed by atoms with van der Waals surface area (Å²) in [5, 5.41) is 22.8. The van der Waals surface area contributed by atoms with Crippen molar-refractivity contribution >= 4 is 11.5 Å². The van der Waals surface area contributed by atoms with Crippen molar-refractivity contribution in [2.24, 2.45) is 0 Å². The molecule has 0 radical (unpaired) electrons. The smallest absolute Gasteiger partial charge is 0.205 e. The number of nitrogen functional groups attached to an aromatic ring is 1. The standard InChI is InChI=1S/C10H12FN5O3/c11-10(3-19-5(2-17)7(10)18)6-1-13-9-8(12)14-4-15-16(6)9/h1,4-5,7,17-18H,2-3H2,(H2,12,14,15). The zero-order valence-corrected chi connectivity index (χ0v) is 9.77. The number of rotatable bonds is 2. The van der Waals surface area contributed by atoms with Crippen molar-refractivity contribution in [2.75, 3.05) is 18.9 Å². The summed E-state index contributed by atoms with van der Waals surface area (Å²) in [5.41, 5.74) is 3.62. The van der Waals surface area contributed by atoms with E-state index in [4.69, 9.17) is 15.6 Å². The SMILES string of the molecule is Nc1ncnn2c(C3(F)COC(CO)C3O)cnc12. The van der Waals surface area contributed by atoms with E-state index in [1.54, 1.807) is 0 Å². The molecule has 0 amide bonds. The van der Waals surface area contributed by atoms with E-state index >= 15 is 0 Å². The highest BCUT2D eigenvalue weighted by molar-refractivity contribution is 5.59. The number of aliphatic hydroxyl groups excluding tert-OH is 2. The van der Waals surface area contributed by atoms with E-state index in [0.717, 1.165) is 0 Å². The first-order chi connectivity index (χ1) is 9.08. The Balaban J connectivity index is 2.12. The van der Waals surface area contributed by atoms with Crippen molar-refractivity contribution in [3.8, 4) is 0 Å². The van der Waals surface area contributed by atoms with Crippen LogP contribution in [0.5, 0.6) is 0 Å². The molecule has 102 valence electrons. The van der Waals surface area contributed by atoms with E-state index in [9.17, 15) is 9.50 Å². The van der Waals surface area contributed by atoms with Crippen LogP contribution in [0, 0.1) is 0 Å². The van der Waals surface area contributed by atoms with Gasteiger partial charge in [0.05, 0.1) is 19.4 Å². The van der Waals surface area contributed by atoms with Gasteiger partial charge in [0, 0.05) is 0 Å². The summed E-state index contributed by atoms with van der Waals surface area (Å²) in [6.45, 7) is -0.863. The second kappa shape index (κ2) is 4.08. The number of nitrogens with two attached hydrogens (primary N) is 1. The van der Waals surface area contributed by atoms with E-state index in [-0.39, 0.29) is 17.2 Å². The topological polar surface area (TPSA) is 119 Å². The molecular formula is C10H12FN5O3. The number of hydrogen-bond acceptors (Lipinski definition) is 7. The highest BCUT2D eigenvalue weighted by atomic mass is 19.1. The number of halogens is 1. The molecule has 9 heteroatoms. The predicted octanol–water partition coefficient (Wildman–Crippen LogP) is -1.38. The van der Waals surface area contributed by atoms with E-state index in [0.29, 0.717) is 0 Å². The molecule has 4 N–H and O–H groups in total. The molecule has 3 heterocycles. The average Bonchev–Trinajstić information content (AvgIpc) is 2.95. The van der Waals surface area contributed by atoms with Gasteiger partial charge in [-0.25, -0.2) is 18.9 Å². The zero-order chi connectivity index (χ0) is 13.6. The maximum Gasteiger partial charge on any atom is 0.205 e. The number of alkyl halides is 1. The number of anilines is 1. The molecule has 1 saturated heterocycles. The van der Waals surface area contributed by atoms with Gasteiger partial charge in [0.15, 0.2) is 11.5 Å². The Morgan fingerprint density at radius 1 is 1.58 bits per heavy atom. The van der Waals surface area contributed by atoms with Gasteiger partial charge in [-0.15, -0.1) is 0 Å². The van der Waals surface area contributed by atoms with Gasteiger partial charge >= 0.3 is 0 Å². The lowest BCUT2D eigenvalue weighted by atomic mass is 9.95. The van der Waals surface area contributed by atoms with Crippen molar-refractivity contribution in [2.45, 2.75) is 17.9 Å². The molecule has 3 unspecified atom stereocenters. The summed E-state index contributed by atoms with van der Waals surface area (Å²) >= 11 is 0. The molecule has 0 spiro atoms. The summed E-state index contributed by atoms with van der Waals surface area (Å²) in [7, 11) is 0. The maximum atomic E-state index is 14.9. The van der Waals surface area contributed by atoms with E-state index in [1.807, 2.05) is 0 Å². The maximum absolute atomic E-state index is 14.9. The number of imidazole rings is 1. The quantitative estimate of drug-likeness (QED) is 0.615. The van der Waals surface area contributed by atoms with Gasteiger partial charge in [0.2, 0.25) is 5.67 Å². The van der Waals surface area contributed by atoms with Gasteiger partial charge in [-0.2, -0.15) is 5.10 Å². The minimum Gasteiger partial charge on any atom is -0.394 e. The van der Waals surface area contributed by atoms with Crippen LogP contribution in [0.2, 0.25) is 0 Å². The Bertz CT molecular complexity index is 620. The molecule has 8 nitrogen and oxygen atoms in total. The van der Waals surface area contributed by atoms with Crippen molar-refractivity contribution in [3.63, 3.8) is 0 Å². The molecule has 0 aliphatic carbocycles. The average molecular weight is 269 g/mol. The highest BCUT2D eigenvalue weighted by Gasteiger charge is 2.53. The van der Waals surface area contributed by atoms with Crippen LogP contribution >= 0.6 is 0 Å². The fourth-order valence-corrected chi connectivity index (χ4v) is 2.20. The summed E-state index contributed by atoms with van der Waals surface area (Å²) in [5.74, 6) is 0.108. The lowest BCUT2D eigenvalue weighted by molar-refractivity contribution is -0.0168. The van der Waals surface area contributed by atoms with Crippen LogP contribution in [0.1, 0.15) is 5.69 Å². The predicted molar refractivity (Wildman–Crippen MR) is 60.8 cm³/mol. The van der Waals surface area contributed by atoms with Crippen molar-refractivity contribution in [1.29, 1.82) is 0 Å². The molecule has 19 heavy (non-hydrogen) atoms. The van der Waals surface area contributed by atoms with Crippen molar-refractivity contribution in [1.82, 2.24) is 19.6 Å². The van der Waals surface area contributed by atoms with Gasteiger partial charge in [-0.3, -0.25) is 0 Å². The molecule has 3 atom stereocenters. The monoisotopic (exact) mass is 269 g/mol. The molecule has 2 aromatic heterocycles. The third-order valence-corrected chi connectivity index (χ3v) is 3.27. The van der Waals surface area contributed by atoms with Crippen LogP contribution in [0.3, 0.4) is 0 Å². The Morgan fingerprint density at radius 3 is 3.05 bits per heavy atom. The number of aromatic nitrogens is 4. The lowest BCUT2D eigenvalue weighted by Crippen LogP contribution is -2.39. The molecule has 0 bridgehead atoms. The van der Waals surface area contributed by atoms with Crippen LogP contribution in [-0.2, 0) is 10.4 Å². The molecule has 2 aromatic rings. The minimum absolute atomic E-state index is 0.0139. The summed E-state index contributed by atoms with van der Waals surface area (Å²) in [6.07, 6.45) is -0.0849. The fourth-order valence-electron chi connectivity index (χ4n) is 2.20. The highest BCUT2D eigenvalue weighted by Crippen LogP contribution is 2.38. The molecule has 0 aromatic carbocycles. The van der Waals surface area contributed by atoms with Gasteiger partial charge in [0.1, 0.15) is 24.2 Å². The Morgan fingerprint density at radius 2 is 2.37 bits per heavy atom. The normalized spacial score (nSPS) is 31.1. The van der Waals surface area contributed by atoms with Gasteiger partial charge in [-0.1, -0.05) is 0 Å². The molecule has 1 aliphatic heterocycles. The molecule has 1 aliphatic rings. The largest absolute Gasteiger partial charge is 0.394 e. The van der Waals surface area contributed by atoms with Gasteiger partial charge < -0.3 is 20.7 Å². The summed E-state index contributed by atoms with van der Waals surface area (Å²) in [4.78, 5) is 7.68. The van der Waals surface area contributed by atoms with E-state index in [2.05, 4.69) is 15.1 Å². The number of hydrogen-bond donors (Lipinski definition) is 3. The Labute approximate surface area is 106 Å². The number of ether oxygens (including phenoxy) is 1. The first-order valence-corrected chi connectivity index (χ1v) is 5.62. The summed E-state index contributed by atoms with van der Waals surface area (Å²) < 4.78 is 21.1. The number of aliphatic hydroxyl groups is 2. The zero-order valence-electron chi connectivity index (χ0n) is 9.77. The third-order valence-electron chi connectivity index (χ3n) is 3.27. The van der Waals surface area contributed by atoms with Crippen LogP contribution in [0.15, 0.2) is 12.5 Å². The first kappa shape index (κ1) is 12.2. The molecular weight excluding hydrogens is 257 g/mol. The van der Waals surface area contributed by atoms with Crippen LogP contribution in [-0.4, -0.2) is 55.2 Å². The lowest BCUT2D eigenvalue weighted by Gasteiger charge is -2.22. The fraction of sp³-hybridized carbons (Fsp3) is 0.500.